The number of carbonyl (C=O) groups is 1. The van der Waals surface area contributed by atoms with E-state index in [1.807, 2.05) is 0 Å². The number of carboxylic acid groups (broad SMARTS) is 1. The molecule has 1 N–H and O–H groups in total. The predicted molar refractivity (Wildman–Crippen MR) is 88.2 cm³/mol. The average molecular weight is 348 g/mol. The summed E-state index contributed by atoms with van der Waals surface area (Å²) in [5, 5.41) is 9.05. The van der Waals surface area contributed by atoms with Crippen molar-refractivity contribution < 1.29 is 28.2 Å². The van der Waals surface area contributed by atoms with Crippen molar-refractivity contribution in [3.8, 4) is 22.6 Å². The van der Waals surface area contributed by atoms with Gasteiger partial charge in [0.15, 0.2) is 11.5 Å². The van der Waals surface area contributed by atoms with Crippen molar-refractivity contribution >= 4 is 5.97 Å². The molecule has 0 unspecified atom stereocenters. The summed E-state index contributed by atoms with van der Waals surface area (Å²) in [4.78, 5) is 11.1. The molecule has 1 fully saturated rings. The van der Waals surface area contributed by atoms with Gasteiger partial charge in [0.1, 0.15) is 11.6 Å². The summed E-state index contributed by atoms with van der Waals surface area (Å²) in [6.45, 7) is 0. The molecule has 0 spiro atoms. The van der Waals surface area contributed by atoms with Crippen LogP contribution in [0, 0.1) is 11.6 Å². The topological polar surface area (TPSA) is 55.8 Å². The van der Waals surface area contributed by atoms with Crippen LogP contribution in [-0.4, -0.2) is 24.3 Å². The molecule has 1 aliphatic carbocycles. The van der Waals surface area contributed by atoms with Crippen molar-refractivity contribution in [2.24, 2.45) is 0 Å². The number of benzene rings is 2. The Hall–Kier alpha value is -2.63. The van der Waals surface area contributed by atoms with Gasteiger partial charge in [-0.05, 0) is 55.5 Å². The first-order chi connectivity index (χ1) is 12.0. The number of halogens is 2. The molecule has 0 bridgehead atoms. The molecule has 132 valence electrons. The molecule has 1 saturated carbocycles. The Bertz CT molecular complexity index is 798. The number of methoxy groups -OCH3 is 1. The molecule has 1 aliphatic rings. The van der Waals surface area contributed by atoms with Gasteiger partial charge in [-0.2, -0.15) is 0 Å². The van der Waals surface area contributed by atoms with Crippen LogP contribution >= 0.6 is 0 Å². The summed E-state index contributed by atoms with van der Waals surface area (Å²) in [5.41, 5.74) is -0.767. The van der Waals surface area contributed by atoms with E-state index in [0.717, 1.165) is 37.8 Å². The van der Waals surface area contributed by atoms with E-state index in [0.29, 0.717) is 11.5 Å². The summed E-state index contributed by atoms with van der Waals surface area (Å²) < 4.78 is 39.9. The lowest BCUT2D eigenvalue weighted by Gasteiger charge is -2.17. The molecule has 0 radical (unpaired) electrons. The first-order valence-electron chi connectivity index (χ1n) is 8.07. The maximum atomic E-state index is 14.5. The fraction of sp³-hybridized carbons (Fsp3) is 0.316. The zero-order valence-corrected chi connectivity index (χ0v) is 13.7. The van der Waals surface area contributed by atoms with Gasteiger partial charge in [-0.1, -0.05) is 6.07 Å². The molecule has 0 atom stereocenters. The zero-order valence-electron chi connectivity index (χ0n) is 13.7. The second-order valence-electron chi connectivity index (χ2n) is 5.98. The maximum absolute atomic E-state index is 14.5. The highest BCUT2D eigenvalue weighted by atomic mass is 19.1. The SMILES string of the molecule is COc1ccc(-c2c(F)ccc(C(=O)O)c2F)cc1OC1CCCC1. The second kappa shape index (κ2) is 7.09. The van der Waals surface area contributed by atoms with Gasteiger partial charge in [0.05, 0.1) is 24.3 Å². The van der Waals surface area contributed by atoms with E-state index in [1.165, 1.54) is 19.2 Å². The van der Waals surface area contributed by atoms with Crippen LogP contribution in [0.15, 0.2) is 30.3 Å². The standard InChI is InChI=1S/C19H18F2O4/c1-24-15-9-6-11(10-16(15)25-12-4-2-3-5-12)17-14(20)8-7-13(18(17)21)19(22)23/h6-10,12H,2-5H2,1H3,(H,22,23). The summed E-state index contributed by atoms with van der Waals surface area (Å²) >= 11 is 0. The minimum atomic E-state index is -1.45. The normalized spacial score (nSPS) is 14.5. The molecule has 0 aromatic heterocycles. The highest BCUT2D eigenvalue weighted by molar-refractivity contribution is 5.90. The summed E-state index contributed by atoms with van der Waals surface area (Å²) in [6.07, 6.45) is 4.05. The smallest absolute Gasteiger partial charge is 0.338 e. The average Bonchev–Trinajstić information content (AvgIpc) is 3.08. The van der Waals surface area contributed by atoms with E-state index >= 15 is 0 Å². The molecule has 0 aliphatic heterocycles. The lowest BCUT2D eigenvalue weighted by Crippen LogP contribution is -2.11. The van der Waals surface area contributed by atoms with Crippen LogP contribution in [0.2, 0.25) is 0 Å². The third-order valence-electron chi connectivity index (χ3n) is 4.37. The number of aromatic carboxylic acids is 1. The van der Waals surface area contributed by atoms with E-state index in [1.54, 1.807) is 6.07 Å². The van der Waals surface area contributed by atoms with Gasteiger partial charge >= 0.3 is 5.97 Å². The maximum Gasteiger partial charge on any atom is 0.338 e. The molecular formula is C19H18F2O4. The first-order valence-corrected chi connectivity index (χ1v) is 8.07. The molecule has 0 amide bonds. The van der Waals surface area contributed by atoms with Crippen LogP contribution in [0.5, 0.6) is 11.5 Å². The van der Waals surface area contributed by atoms with E-state index in [4.69, 9.17) is 14.6 Å². The van der Waals surface area contributed by atoms with Crippen LogP contribution in [0.4, 0.5) is 8.78 Å². The highest BCUT2D eigenvalue weighted by Crippen LogP contribution is 2.37. The van der Waals surface area contributed by atoms with E-state index in [9.17, 15) is 13.6 Å². The minimum Gasteiger partial charge on any atom is -0.493 e. The summed E-state index contributed by atoms with van der Waals surface area (Å²) in [6, 6.07) is 6.39. The van der Waals surface area contributed by atoms with Crippen molar-refractivity contribution in [2.75, 3.05) is 7.11 Å². The van der Waals surface area contributed by atoms with Crippen molar-refractivity contribution in [1.29, 1.82) is 0 Å². The molecular weight excluding hydrogens is 330 g/mol. The monoisotopic (exact) mass is 348 g/mol. The Morgan fingerprint density at radius 3 is 2.48 bits per heavy atom. The number of carboxylic acids is 1. The fourth-order valence-corrected chi connectivity index (χ4v) is 3.09. The van der Waals surface area contributed by atoms with Gasteiger partial charge in [0.2, 0.25) is 0 Å². The Balaban J connectivity index is 2.05. The molecule has 25 heavy (non-hydrogen) atoms. The van der Waals surface area contributed by atoms with E-state index in [2.05, 4.69) is 0 Å². The van der Waals surface area contributed by atoms with E-state index in [-0.39, 0.29) is 17.2 Å². The Morgan fingerprint density at radius 1 is 1.12 bits per heavy atom. The number of ether oxygens (including phenoxy) is 2. The predicted octanol–water partition coefficient (Wildman–Crippen LogP) is 4.66. The molecule has 2 aromatic carbocycles. The zero-order chi connectivity index (χ0) is 18.0. The Kier molecular flexibility index (Phi) is 4.88. The largest absolute Gasteiger partial charge is 0.493 e. The number of rotatable bonds is 5. The van der Waals surface area contributed by atoms with Gasteiger partial charge in [-0.25, -0.2) is 13.6 Å². The van der Waals surface area contributed by atoms with Crippen molar-refractivity contribution in [2.45, 2.75) is 31.8 Å². The quantitative estimate of drug-likeness (QED) is 0.854. The lowest BCUT2D eigenvalue weighted by molar-refractivity contribution is 0.0692. The van der Waals surface area contributed by atoms with Crippen LogP contribution in [0.1, 0.15) is 36.0 Å². The lowest BCUT2D eigenvalue weighted by atomic mass is 10.0. The molecule has 0 heterocycles. The van der Waals surface area contributed by atoms with Gasteiger partial charge in [0, 0.05) is 0 Å². The molecule has 4 nitrogen and oxygen atoms in total. The van der Waals surface area contributed by atoms with Crippen LogP contribution in [-0.2, 0) is 0 Å². The summed E-state index contributed by atoms with van der Waals surface area (Å²) in [7, 11) is 1.49. The third-order valence-corrected chi connectivity index (χ3v) is 4.37. The highest BCUT2D eigenvalue weighted by Gasteiger charge is 2.22. The van der Waals surface area contributed by atoms with E-state index < -0.39 is 23.2 Å². The number of hydrogen-bond donors (Lipinski definition) is 1. The minimum absolute atomic E-state index is 0.0456. The Morgan fingerprint density at radius 2 is 1.84 bits per heavy atom. The van der Waals surface area contributed by atoms with Gasteiger partial charge in [-0.3, -0.25) is 0 Å². The van der Waals surface area contributed by atoms with Gasteiger partial charge in [-0.15, -0.1) is 0 Å². The fourth-order valence-electron chi connectivity index (χ4n) is 3.09. The van der Waals surface area contributed by atoms with Crippen molar-refractivity contribution in [1.82, 2.24) is 0 Å². The molecule has 6 heteroatoms. The van der Waals surface area contributed by atoms with Crippen LogP contribution < -0.4 is 9.47 Å². The van der Waals surface area contributed by atoms with Gasteiger partial charge in [0.25, 0.3) is 0 Å². The van der Waals surface area contributed by atoms with Gasteiger partial charge < -0.3 is 14.6 Å². The van der Waals surface area contributed by atoms with Crippen molar-refractivity contribution in [3.63, 3.8) is 0 Å². The molecule has 3 rings (SSSR count). The second-order valence-corrected chi connectivity index (χ2v) is 5.98. The molecule has 0 saturated heterocycles. The summed E-state index contributed by atoms with van der Waals surface area (Å²) in [5.74, 6) is -2.53. The van der Waals surface area contributed by atoms with Crippen LogP contribution in [0.3, 0.4) is 0 Å². The number of hydrogen-bond acceptors (Lipinski definition) is 3. The Labute approximate surface area is 144 Å². The van der Waals surface area contributed by atoms with Crippen LogP contribution in [0.25, 0.3) is 11.1 Å². The first kappa shape index (κ1) is 17.2. The van der Waals surface area contributed by atoms with Crippen molar-refractivity contribution in [3.05, 3.63) is 47.5 Å². The third kappa shape index (κ3) is 3.43. The molecule has 2 aromatic rings.